The number of hydrogen-bond acceptors (Lipinski definition) is 3. The van der Waals surface area contributed by atoms with Gasteiger partial charge in [-0.3, -0.25) is 4.79 Å². The van der Waals surface area contributed by atoms with E-state index in [2.05, 4.69) is 12.2 Å². The van der Waals surface area contributed by atoms with Crippen molar-refractivity contribution in [3.8, 4) is 0 Å². The molecule has 0 aliphatic heterocycles. The predicted octanol–water partition coefficient (Wildman–Crippen LogP) is 1.15. The lowest BCUT2D eigenvalue weighted by Crippen LogP contribution is -2.34. The van der Waals surface area contributed by atoms with Crippen molar-refractivity contribution >= 4 is 11.9 Å². The average molecular weight is 245 g/mol. The topological polar surface area (TPSA) is 86.6 Å². The van der Waals surface area contributed by atoms with Crippen LogP contribution in [0.25, 0.3) is 0 Å². The fraction of sp³-hybridized carbons (Fsp3) is 0.833. The SMILES string of the molecule is CCCCC(CC)C(=O)NCC[C@H](O)C(=O)O. The van der Waals surface area contributed by atoms with Crippen LogP contribution in [0.2, 0.25) is 0 Å². The third-order valence-corrected chi connectivity index (χ3v) is 2.77. The second-order valence-corrected chi connectivity index (χ2v) is 4.18. The fourth-order valence-corrected chi connectivity index (χ4v) is 1.57. The van der Waals surface area contributed by atoms with Gasteiger partial charge in [0.2, 0.25) is 5.91 Å². The van der Waals surface area contributed by atoms with E-state index in [1.54, 1.807) is 0 Å². The highest BCUT2D eigenvalue weighted by atomic mass is 16.4. The zero-order chi connectivity index (χ0) is 13.3. The van der Waals surface area contributed by atoms with Crippen molar-refractivity contribution in [3.63, 3.8) is 0 Å². The lowest BCUT2D eigenvalue weighted by Gasteiger charge is -2.14. The van der Waals surface area contributed by atoms with Crippen molar-refractivity contribution in [2.75, 3.05) is 6.54 Å². The molecule has 5 heteroatoms. The normalized spacial score (nSPS) is 14.1. The molecule has 0 aromatic heterocycles. The summed E-state index contributed by atoms with van der Waals surface area (Å²) < 4.78 is 0. The summed E-state index contributed by atoms with van der Waals surface area (Å²) in [5.74, 6) is -1.30. The van der Waals surface area contributed by atoms with Gasteiger partial charge >= 0.3 is 5.97 Å². The summed E-state index contributed by atoms with van der Waals surface area (Å²) in [7, 11) is 0. The molecular formula is C12H23NO4. The monoisotopic (exact) mass is 245 g/mol. The van der Waals surface area contributed by atoms with Crippen LogP contribution in [0.5, 0.6) is 0 Å². The summed E-state index contributed by atoms with van der Waals surface area (Å²) >= 11 is 0. The minimum atomic E-state index is -1.40. The third-order valence-electron chi connectivity index (χ3n) is 2.77. The fourth-order valence-electron chi connectivity index (χ4n) is 1.57. The molecule has 0 aromatic rings. The molecule has 0 saturated carbocycles. The number of aliphatic carboxylic acids is 1. The molecule has 100 valence electrons. The molecule has 0 aliphatic rings. The summed E-state index contributed by atoms with van der Waals surface area (Å²) in [6.45, 7) is 4.24. The van der Waals surface area contributed by atoms with E-state index in [0.29, 0.717) is 0 Å². The van der Waals surface area contributed by atoms with Crippen LogP contribution >= 0.6 is 0 Å². The van der Waals surface area contributed by atoms with Crippen molar-refractivity contribution < 1.29 is 19.8 Å². The summed E-state index contributed by atoms with van der Waals surface area (Å²) in [5.41, 5.74) is 0. The molecule has 2 atom stereocenters. The molecular weight excluding hydrogens is 222 g/mol. The first-order valence-electron chi connectivity index (χ1n) is 6.21. The highest BCUT2D eigenvalue weighted by Crippen LogP contribution is 2.12. The van der Waals surface area contributed by atoms with E-state index >= 15 is 0 Å². The number of unbranched alkanes of at least 4 members (excludes halogenated alkanes) is 1. The van der Waals surface area contributed by atoms with Crippen LogP contribution in [0.4, 0.5) is 0 Å². The molecule has 0 aromatic carbocycles. The maximum absolute atomic E-state index is 11.7. The second kappa shape index (κ2) is 8.98. The predicted molar refractivity (Wildman–Crippen MR) is 64.6 cm³/mol. The minimum absolute atomic E-state index is 0.00285. The third kappa shape index (κ3) is 6.94. The molecule has 0 radical (unpaired) electrons. The first kappa shape index (κ1) is 15.9. The number of amides is 1. The molecule has 1 amide bonds. The number of nitrogens with one attached hydrogen (secondary N) is 1. The van der Waals surface area contributed by atoms with Crippen LogP contribution in [0.1, 0.15) is 46.0 Å². The number of aliphatic hydroxyl groups excluding tert-OH is 1. The molecule has 0 bridgehead atoms. The summed E-state index contributed by atoms with van der Waals surface area (Å²) in [4.78, 5) is 22.0. The number of carbonyl (C=O) groups is 2. The Kier molecular flexibility index (Phi) is 8.40. The van der Waals surface area contributed by atoms with Crippen molar-refractivity contribution in [2.45, 2.75) is 52.1 Å². The van der Waals surface area contributed by atoms with Gasteiger partial charge in [-0.2, -0.15) is 0 Å². The van der Waals surface area contributed by atoms with E-state index in [9.17, 15) is 9.59 Å². The first-order valence-corrected chi connectivity index (χ1v) is 6.21. The first-order chi connectivity index (χ1) is 8.02. The lowest BCUT2D eigenvalue weighted by atomic mass is 9.98. The smallest absolute Gasteiger partial charge is 0.332 e. The van der Waals surface area contributed by atoms with Crippen LogP contribution in [-0.4, -0.2) is 34.7 Å². The van der Waals surface area contributed by atoms with Crippen molar-refractivity contribution in [1.29, 1.82) is 0 Å². The number of carboxylic acids is 1. The van der Waals surface area contributed by atoms with E-state index in [1.807, 2.05) is 6.92 Å². The molecule has 0 spiro atoms. The summed E-state index contributed by atoms with van der Waals surface area (Å²) in [5, 5.41) is 20.1. The standard InChI is InChI=1S/C12H23NO4/c1-3-5-6-9(4-2)11(15)13-8-7-10(14)12(16)17/h9-10,14H,3-8H2,1-2H3,(H,13,15)(H,16,17)/t9?,10-/m0/s1. The Morgan fingerprint density at radius 2 is 1.88 bits per heavy atom. The van der Waals surface area contributed by atoms with Crippen LogP contribution in [0.3, 0.4) is 0 Å². The van der Waals surface area contributed by atoms with Gasteiger partial charge < -0.3 is 15.5 Å². The molecule has 0 fully saturated rings. The molecule has 0 rings (SSSR count). The van der Waals surface area contributed by atoms with E-state index in [0.717, 1.165) is 25.7 Å². The van der Waals surface area contributed by atoms with Crippen LogP contribution in [-0.2, 0) is 9.59 Å². The number of hydrogen-bond donors (Lipinski definition) is 3. The maximum Gasteiger partial charge on any atom is 0.332 e. The highest BCUT2D eigenvalue weighted by molar-refractivity contribution is 5.78. The van der Waals surface area contributed by atoms with Crippen molar-refractivity contribution in [3.05, 3.63) is 0 Å². The molecule has 3 N–H and O–H groups in total. The lowest BCUT2D eigenvalue weighted by molar-refractivity contribution is -0.147. The minimum Gasteiger partial charge on any atom is -0.479 e. The largest absolute Gasteiger partial charge is 0.479 e. The number of carbonyl (C=O) groups excluding carboxylic acids is 1. The van der Waals surface area contributed by atoms with E-state index < -0.39 is 12.1 Å². The quantitative estimate of drug-likeness (QED) is 0.569. The zero-order valence-corrected chi connectivity index (χ0v) is 10.6. The average Bonchev–Trinajstić information content (AvgIpc) is 2.29. The second-order valence-electron chi connectivity index (χ2n) is 4.18. The van der Waals surface area contributed by atoms with E-state index in [1.165, 1.54) is 0 Å². The Labute approximate surface area is 102 Å². The van der Waals surface area contributed by atoms with Gasteiger partial charge in [-0.1, -0.05) is 26.7 Å². The van der Waals surface area contributed by atoms with Crippen molar-refractivity contribution in [1.82, 2.24) is 5.32 Å². The van der Waals surface area contributed by atoms with Crippen molar-refractivity contribution in [2.24, 2.45) is 5.92 Å². The van der Waals surface area contributed by atoms with Gasteiger partial charge in [0.1, 0.15) is 0 Å². The van der Waals surface area contributed by atoms with Gasteiger partial charge in [0.25, 0.3) is 0 Å². The van der Waals surface area contributed by atoms with Gasteiger partial charge in [-0.25, -0.2) is 4.79 Å². The Morgan fingerprint density at radius 3 is 2.35 bits per heavy atom. The van der Waals surface area contributed by atoms with Gasteiger partial charge in [0, 0.05) is 18.9 Å². The Bertz CT molecular complexity index is 243. The zero-order valence-electron chi connectivity index (χ0n) is 10.6. The molecule has 0 saturated heterocycles. The summed E-state index contributed by atoms with van der Waals surface area (Å²) in [6, 6.07) is 0. The molecule has 17 heavy (non-hydrogen) atoms. The van der Waals surface area contributed by atoms with Crippen LogP contribution in [0, 0.1) is 5.92 Å². The van der Waals surface area contributed by atoms with E-state index in [-0.39, 0.29) is 24.8 Å². The number of rotatable bonds is 9. The summed E-state index contributed by atoms with van der Waals surface area (Å²) in [6.07, 6.45) is 2.37. The van der Waals surface area contributed by atoms with Crippen LogP contribution in [0.15, 0.2) is 0 Å². The van der Waals surface area contributed by atoms with Crippen LogP contribution < -0.4 is 5.32 Å². The van der Waals surface area contributed by atoms with E-state index in [4.69, 9.17) is 10.2 Å². The number of aliphatic hydroxyl groups is 1. The van der Waals surface area contributed by atoms with Gasteiger partial charge in [-0.05, 0) is 12.8 Å². The number of carboxylic acid groups (broad SMARTS) is 1. The Morgan fingerprint density at radius 1 is 1.24 bits per heavy atom. The molecule has 1 unspecified atom stereocenters. The Hall–Kier alpha value is -1.10. The van der Waals surface area contributed by atoms with Gasteiger partial charge in [0.15, 0.2) is 6.10 Å². The molecule has 0 heterocycles. The Balaban J connectivity index is 3.86. The highest BCUT2D eigenvalue weighted by Gasteiger charge is 2.17. The molecule has 5 nitrogen and oxygen atoms in total. The van der Waals surface area contributed by atoms with Gasteiger partial charge in [0.05, 0.1) is 0 Å². The maximum atomic E-state index is 11.7. The van der Waals surface area contributed by atoms with Gasteiger partial charge in [-0.15, -0.1) is 0 Å². The molecule has 0 aliphatic carbocycles.